The molecule has 3 saturated carbocycles. The fourth-order valence-corrected chi connectivity index (χ4v) is 8.78. The number of hydrogen-bond donors (Lipinski definition) is 2. The Labute approximate surface area is 252 Å². The zero-order valence-corrected chi connectivity index (χ0v) is 24.7. The van der Waals surface area contributed by atoms with E-state index in [0.29, 0.717) is 12.1 Å². The number of alkyl carbamates (subject to hydrolysis) is 1. The SMILES string of the molecule is CCNC(=O)OCOCC(=O)[C@@]12O[C@H](c3cccc(F)c3)O[C@@H]1C[C@H]1[C@@H]3C[C@H](F)C4=CC(=O)C=C[C@]4(C)[C@@]3(F)[C@@H](O)C[C@@]12C. The Kier molecular flexibility index (Phi) is 7.58. The first kappa shape index (κ1) is 30.9. The van der Waals surface area contributed by atoms with Gasteiger partial charge in [0.2, 0.25) is 0 Å². The summed E-state index contributed by atoms with van der Waals surface area (Å²) in [6.07, 6.45) is -2.97. The maximum Gasteiger partial charge on any atom is 0.409 e. The van der Waals surface area contributed by atoms with Crippen molar-refractivity contribution in [3.05, 3.63) is 59.4 Å². The number of fused-ring (bicyclic) bond motifs is 7. The van der Waals surface area contributed by atoms with Crippen LogP contribution in [0.2, 0.25) is 0 Å². The highest BCUT2D eigenvalue weighted by molar-refractivity contribution is 6.01. The minimum atomic E-state index is -2.36. The molecule has 12 heteroatoms. The van der Waals surface area contributed by atoms with Crippen molar-refractivity contribution in [3.63, 3.8) is 0 Å². The third-order valence-electron chi connectivity index (χ3n) is 10.7. The molecule has 0 radical (unpaired) electrons. The van der Waals surface area contributed by atoms with Crippen LogP contribution in [0.1, 0.15) is 51.9 Å². The first-order valence-corrected chi connectivity index (χ1v) is 14.9. The van der Waals surface area contributed by atoms with Crippen molar-refractivity contribution < 1.29 is 51.6 Å². The van der Waals surface area contributed by atoms with Gasteiger partial charge < -0.3 is 29.4 Å². The normalized spacial score (nSPS) is 42.1. The summed E-state index contributed by atoms with van der Waals surface area (Å²) in [7, 11) is 0. The monoisotopic (exact) mass is 619 g/mol. The number of aliphatic hydroxyl groups excluding tert-OH is 1. The highest BCUT2D eigenvalue weighted by atomic mass is 19.1. The van der Waals surface area contributed by atoms with E-state index in [0.717, 1.165) is 6.08 Å². The van der Waals surface area contributed by atoms with E-state index in [9.17, 15) is 23.9 Å². The lowest BCUT2D eigenvalue weighted by molar-refractivity contribution is -0.235. The highest BCUT2D eigenvalue weighted by Crippen LogP contribution is 2.72. The van der Waals surface area contributed by atoms with E-state index in [-0.39, 0.29) is 24.8 Å². The summed E-state index contributed by atoms with van der Waals surface area (Å²) in [6, 6.07) is 5.55. The molecule has 2 N–H and O–H groups in total. The number of hydrogen-bond acceptors (Lipinski definition) is 8. The van der Waals surface area contributed by atoms with Crippen LogP contribution in [-0.2, 0) is 28.5 Å². The van der Waals surface area contributed by atoms with Gasteiger partial charge in [0.25, 0.3) is 0 Å². The molecule has 4 aliphatic carbocycles. The molecule has 5 aliphatic rings. The molecular weight excluding hydrogens is 583 g/mol. The number of nitrogens with one attached hydrogen (secondary N) is 1. The summed E-state index contributed by atoms with van der Waals surface area (Å²) >= 11 is 0. The topological polar surface area (TPSA) is 120 Å². The quantitative estimate of drug-likeness (QED) is 0.345. The molecule has 1 amide bonds. The maximum atomic E-state index is 17.6. The molecule has 1 aliphatic heterocycles. The van der Waals surface area contributed by atoms with Crippen molar-refractivity contribution in [3.8, 4) is 0 Å². The molecule has 1 heterocycles. The Balaban J connectivity index is 1.36. The Morgan fingerprint density at radius 3 is 2.70 bits per heavy atom. The van der Waals surface area contributed by atoms with Gasteiger partial charge in [-0.3, -0.25) is 9.59 Å². The van der Waals surface area contributed by atoms with Gasteiger partial charge >= 0.3 is 6.09 Å². The predicted octanol–water partition coefficient (Wildman–Crippen LogP) is 4.20. The zero-order valence-electron chi connectivity index (χ0n) is 24.7. The van der Waals surface area contributed by atoms with E-state index >= 15 is 8.78 Å². The van der Waals surface area contributed by atoms with E-state index in [1.54, 1.807) is 19.9 Å². The van der Waals surface area contributed by atoms with Gasteiger partial charge in [-0.25, -0.2) is 18.0 Å². The zero-order chi connectivity index (χ0) is 31.7. The second-order valence-corrected chi connectivity index (χ2v) is 12.8. The molecule has 238 valence electrons. The van der Waals surface area contributed by atoms with E-state index in [1.807, 2.05) is 0 Å². The van der Waals surface area contributed by atoms with Crippen LogP contribution in [0, 0.1) is 28.5 Å². The summed E-state index contributed by atoms with van der Waals surface area (Å²) in [6.45, 7) is 4.14. The number of aliphatic hydroxyl groups is 1. The van der Waals surface area contributed by atoms with Crippen molar-refractivity contribution in [1.82, 2.24) is 5.32 Å². The summed E-state index contributed by atoms with van der Waals surface area (Å²) in [5.74, 6) is -3.33. The molecule has 1 aromatic rings. The third-order valence-corrected chi connectivity index (χ3v) is 10.7. The maximum absolute atomic E-state index is 17.6. The van der Waals surface area contributed by atoms with Crippen molar-refractivity contribution in [1.29, 1.82) is 0 Å². The lowest BCUT2D eigenvalue weighted by atomic mass is 9.44. The molecule has 0 unspecified atom stereocenters. The third kappa shape index (κ3) is 4.24. The Morgan fingerprint density at radius 1 is 1.20 bits per heavy atom. The average Bonchev–Trinajstić information content (AvgIpc) is 3.47. The van der Waals surface area contributed by atoms with Gasteiger partial charge in [0.1, 0.15) is 18.6 Å². The molecule has 0 aromatic heterocycles. The van der Waals surface area contributed by atoms with Crippen molar-refractivity contribution in [2.75, 3.05) is 19.9 Å². The predicted molar refractivity (Wildman–Crippen MR) is 148 cm³/mol. The van der Waals surface area contributed by atoms with E-state index in [1.165, 1.54) is 37.3 Å². The van der Waals surface area contributed by atoms with Crippen molar-refractivity contribution in [2.45, 2.75) is 76.0 Å². The van der Waals surface area contributed by atoms with Gasteiger partial charge in [0, 0.05) is 28.9 Å². The van der Waals surface area contributed by atoms with Crippen LogP contribution < -0.4 is 5.32 Å². The van der Waals surface area contributed by atoms with Crippen molar-refractivity contribution >= 4 is 17.7 Å². The van der Waals surface area contributed by atoms with E-state index in [2.05, 4.69) is 5.32 Å². The number of ketones is 2. The standard InChI is InChI=1S/C32H36F3NO8/c1-4-36-28(40)42-16-41-15-25(39)32-26(43-27(44-32)17-6-5-7-18(33)10-17)13-20-21-12-23(34)22-11-19(37)8-9-29(22,2)31(21,35)24(38)14-30(20,32)3/h5-11,20-21,23-24,26-27,38H,4,12-16H2,1-3H3,(H,36,40)/t20-,21-,23-,24-,26+,27+,29-,30-,31-,32+/m0/s1. The van der Waals surface area contributed by atoms with Crippen LogP contribution in [0.15, 0.2) is 48.1 Å². The molecule has 0 spiro atoms. The fourth-order valence-electron chi connectivity index (χ4n) is 8.78. The molecule has 44 heavy (non-hydrogen) atoms. The fraction of sp³-hybridized carbons (Fsp3) is 0.594. The van der Waals surface area contributed by atoms with Crippen LogP contribution in [0.4, 0.5) is 18.0 Å². The number of rotatable bonds is 7. The second-order valence-electron chi connectivity index (χ2n) is 12.8. The Morgan fingerprint density at radius 2 is 1.98 bits per heavy atom. The Hall–Kier alpha value is -3.06. The smallest absolute Gasteiger partial charge is 0.409 e. The first-order chi connectivity index (χ1) is 20.8. The lowest BCUT2D eigenvalue weighted by Crippen LogP contribution is -2.70. The van der Waals surface area contributed by atoms with Crippen LogP contribution in [0.25, 0.3) is 0 Å². The summed E-state index contributed by atoms with van der Waals surface area (Å²) < 4.78 is 70.7. The minimum Gasteiger partial charge on any atom is -0.422 e. The number of carbonyl (C=O) groups is 3. The van der Waals surface area contributed by atoms with Crippen LogP contribution in [-0.4, -0.2) is 72.4 Å². The van der Waals surface area contributed by atoms with Gasteiger partial charge in [0.05, 0.1) is 12.2 Å². The first-order valence-electron chi connectivity index (χ1n) is 14.9. The van der Waals surface area contributed by atoms with Crippen LogP contribution in [0.3, 0.4) is 0 Å². The number of benzene rings is 1. The van der Waals surface area contributed by atoms with Gasteiger partial charge in [-0.2, -0.15) is 0 Å². The number of Topliss-reactive ketones (excluding diaryl/α,β-unsaturated/α-hetero) is 1. The molecule has 0 bridgehead atoms. The molecule has 4 fully saturated rings. The summed E-state index contributed by atoms with van der Waals surface area (Å²) in [5, 5.41) is 14.1. The van der Waals surface area contributed by atoms with Gasteiger partial charge in [0.15, 0.2) is 35.9 Å². The molecule has 1 aromatic carbocycles. The molecule has 6 rings (SSSR count). The molecule has 1 saturated heterocycles. The lowest BCUT2D eigenvalue weighted by Gasteiger charge is -2.63. The summed E-state index contributed by atoms with van der Waals surface area (Å²) in [4.78, 5) is 38.0. The van der Waals surface area contributed by atoms with E-state index in [4.69, 9.17) is 18.9 Å². The van der Waals surface area contributed by atoms with Crippen LogP contribution in [0.5, 0.6) is 0 Å². The average molecular weight is 620 g/mol. The molecule has 9 nitrogen and oxygen atoms in total. The number of amides is 1. The van der Waals surface area contributed by atoms with Crippen molar-refractivity contribution in [2.24, 2.45) is 22.7 Å². The van der Waals surface area contributed by atoms with E-state index < -0.39 is 95.5 Å². The minimum absolute atomic E-state index is 0.00504. The van der Waals surface area contributed by atoms with Gasteiger partial charge in [-0.05, 0) is 68.9 Å². The number of alkyl halides is 2. The van der Waals surface area contributed by atoms with Crippen LogP contribution >= 0.6 is 0 Å². The summed E-state index contributed by atoms with van der Waals surface area (Å²) in [5.41, 5.74) is -6.69. The number of ether oxygens (including phenoxy) is 4. The van der Waals surface area contributed by atoms with Gasteiger partial charge in [-0.1, -0.05) is 25.1 Å². The molecule has 10 atom stereocenters. The number of halogens is 3. The number of carbonyl (C=O) groups excluding carboxylic acids is 3. The van der Waals surface area contributed by atoms with Gasteiger partial charge in [-0.15, -0.1) is 0 Å². The molecular formula is C32H36F3NO8. The largest absolute Gasteiger partial charge is 0.422 e. The highest BCUT2D eigenvalue weighted by Gasteiger charge is 2.80. The Bertz CT molecular complexity index is 1440. The second kappa shape index (κ2) is 10.8. The number of allylic oxidation sites excluding steroid dienone is 4.